The molecule has 0 fully saturated rings. The number of esters is 1. The molecular weight excluding hydrogens is 262 g/mol. The molecule has 1 unspecified atom stereocenters. The molecule has 0 radical (unpaired) electrons. The fourth-order valence-electron chi connectivity index (χ4n) is 1.53. The number of carbonyl (C=O) groups is 1. The fraction of sp³-hybridized carbons (Fsp3) is 0.615. The van der Waals surface area contributed by atoms with Crippen molar-refractivity contribution < 1.29 is 9.53 Å². The summed E-state index contributed by atoms with van der Waals surface area (Å²) in [7, 11) is 0. The summed E-state index contributed by atoms with van der Waals surface area (Å²) in [5, 5.41) is 0.920. The lowest BCUT2D eigenvalue weighted by Gasteiger charge is -2.21. The van der Waals surface area contributed by atoms with Gasteiger partial charge in [0.15, 0.2) is 0 Å². The van der Waals surface area contributed by atoms with Crippen LogP contribution in [0, 0.1) is 0 Å². The highest BCUT2D eigenvalue weighted by atomic mass is 32.2. The van der Waals surface area contributed by atoms with Crippen molar-refractivity contribution >= 4 is 17.7 Å². The van der Waals surface area contributed by atoms with E-state index in [4.69, 9.17) is 10.5 Å². The Morgan fingerprint density at radius 1 is 1.47 bits per heavy atom. The predicted octanol–water partition coefficient (Wildman–Crippen LogP) is 2.02. The third kappa shape index (κ3) is 6.02. The van der Waals surface area contributed by atoms with Crippen LogP contribution in [0.15, 0.2) is 23.6 Å². The van der Waals surface area contributed by atoms with E-state index in [1.54, 1.807) is 44.2 Å². The summed E-state index contributed by atoms with van der Waals surface area (Å²) in [5.74, 6) is 0.619. The first kappa shape index (κ1) is 15.9. The molecule has 1 aromatic heterocycles. The third-order valence-electron chi connectivity index (χ3n) is 2.62. The van der Waals surface area contributed by atoms with Crippen molar-refractivity contribution in [1.29, 1.82) is 0 Å². The van der Waals surface area contributed by atoms with Gasteiger partial charge in [0.1, 0.15) is 10.6 Å². The van der Waals surface area contributed by atoms with Gasteiger partial charge in [-0.05, 0) is 32.4 Å². The monoisotopic (exact) mass is 283 g/mol. The Morgan fingerprint density at radius 3 is 2.89 bits per heavy atom. The Morgan fingerprint density at radius 2 is 2.26 bits per heavy atom. The second kappa shape index (κ2) is 8.12. The van der Waals surface area contributed by atoms with Gasteiger partial charge >= 0.3 is 5.97 Å². The van der Waals surface area contributed by atoms with Crippen molar-refractivity contribution in [1.82, 2.24) is 9.97 Å². The molecule has 6 heteroatoms. The van der Waals surface area contributed by atoms with Crippen LogP contribution < -0.4 is 5.73 Å². The molecular formula is C13H21N3O2S. The minimum Gasteiger partial charge on any atom is -0.465 e. The molecule has 1 heterocycles. The molecule has 0 saturated heterocycles. The van der Waals surface area contributed by atoms with E-state index in [1.807, 2.05) is 0 Å². The van der Waals surface area contributed by atoms with Crippen molar-refractivity contribution in [3.8, 4) is 0 Å². The zero-order valence-electron chi connectivity index (χ0n) is 11.5. The molecule has 106 valence electrons. The summed E-state index contributed by atoms with van der Waals surface area (Å²) in [4.78, 5) is 19.8. The lowest BCUT2D eigenvalue weighted by Crippen LogP contribution is -2.46. The van der Waals surface area contributed by atoms with Gasteiger partial charge in [0.2, 0.25) is 0 Å². The van der Waals surface area contributed by atoms with E-state index in [9.17, 15) is 4.79 Å². The minimum atomic E-state index is -0.882. The number of carbonyl (C=O) groups excluding carboxylic acids is 1. The molecule has 1 atom stereocenters. The van der Waals surface area contributed by atoms with Crippen molar-refractivity contribution in [3.63, 3.8) is 0 Å². The minimum absolute atomic E-state index is 0.323. The maximum atomic E-state index is 11.6. The maximum absolute atomic E-state index is 11.6. The number of hydrogen-bond acceptors (Lipinski definition) is 6. The van der Waals surface area contributed by atoms with Gasteiger partial charge in [0.05, 0.1) is 12.8 Å². The van der Waals surface area contributed by atoms with Crippen molar-refractivity contribution in [3.05, 3.63) is 18.6 Å². The summed E-state index contributed by atoms with van der Waals surface area (Å²) in [5.41, 5.74) is 5.05. The standard InChI is InChI=1S/C13H21N3O2S/c1-3-18-12(17)13(2,14)6-4-5-9-19-11-10-15-7-8-16-11/h7-8,10H,3-6,9,14H2,1-2H3. The number of rotatable bonds is 8. The van der Waals surface area contributed by atoms with Gasteiger partial charge in [-0.15, -0.1) is 11.8 Å². The molecule has 0 saturated carbocycles. The molecule has 2 N–H and O–H groups in total. The van der Waals surface area contributed by atoms with Gasteiger partial charge in [-0.25, -0.2) is 4.98 Å². The first-order valence-corrected chi connectivity index (χ1v) is 7.39. The average Bonchev–Trinajstić information content (AvgIpc) is 2.39. The number of unbranched alkanes of at least 4 members (excludes halogenated alkanes) is 1. The van der Waals surface area contributed by atoms with Crippen molar-refractivity contribution in [2.45, 2.75) is 43.7 Å². The highest BCUT2D eigenvalue weighted by Gasteiger charge is 2.28. The predicted molar refractivity (Wildman–Crippen MR) is 75.8 cm³/mol. The Bertz CT molecular complexity index is 385. The molecule has 1 rings (SSSR count). The van der Waals surface area contributed by atoms with Crippen LogP contribution in [-0.4, -0.2) is 33.8 Å². The number of hydrogen-bond donors (Lipinski definition) is 1. The van der Waals surface area contributed by atoms with E-state index in [0.717, 1.165) is 23.6 Å². The van der Waals surface area contributed by atoms with Gasteiger partial charge < -0.3 is 10.5 Å². The SMILES string of the molecule is CCOC(=O)C(C)(N)CCCCSc1cnccn1. The molecule has 1 aromatic rings. The van der Waals surface area contributed by atoms with Gasteiger partial charge in [-0.3, -0.25) is 9.78 Å². The van der Waals surface area contributed by atoms with Crippen LogP contribution in [0.1, 0.15) is 33.1 Å². The summed E-state index contributed by atoms with van der Waals surface area (Å²) >= 11 is 1.66. The van der Waals surface area contributed by atoms with Gasteiger partial charge in [-0.2, -0.15) is 0 Å². The summed E-state index contributed by atoms with van der Waals surface area (Å²) in [6.45, 7) is 3.88. The molecule has 0 aliphatic heterocycles. The number of ether oxygens (including phenoxy) is 1. The highest BCUT2D eigenvalue weighted by Crippen LogP contribution is 2.18. The van der Waals surface area contributed by atoms with Crippen LogP contribution in [0.25, 0.3) is 0 Å². The van der Waals surface area contributed by atoms with Crippen molar-refractivity contribution in [2.24, 2.45) is 5.73 Å². The summed E-state index contributed by atoms with van der Waals surface area (Å²) in [6, 6.07) is 0. The molecule has 0 bridgehead atoms. The molecule has 0 aliphatic rings. The lowest BCUT2D eigenvalue weighted by atomic mass is 9.96. The third-order valence-corrected chi connectivity index (χ3v) is 3.62. The zero-order chi connectivity index (χ0) is 14.1. The quantitative estimate of drug-likeness (QED) is 0.447. The van der Waals surface area contributed by atoms with Gasteiger partial charge in [0, 0.05) is 12.4 Å². The lowest BCUT2D eigenvalue weighted by molar-refractivity contribution is -0.149. The number of aromatic nitrogens is 2. The summed E-state index contributed by atoms with van der Waals surface area (Å²) < 4.78 is 4.95. The molecule has 0 spiro atoms. The fourth-order valence-corrected chi connectivity index (χ4v) is 2.36. The first-order valence-electron chi connectivity index (χ1n) is 6.41. The normalized spacial score (nSPS) is 13.8. The number of nitrogens with zero attached hydrogens (tertiary/aromatic N) is 2. The first-order chi connectivity index (χ1) is 9.06. The van der Waals surface area contributed by atoms with Crippen LogP contribution in [0.2, 0.25) is 0 Å². The van der Waals surface area contributed by atoms with E-state index >= 15 is 0 Å². The van der Waals surface area contributed by atoms with Crippen LogP contribution in [0.4, 0.5) is 0 Å². The second-order valence-corrected chi connectivity index (χ2v) is 5.60. The molecule has 0 aliphatic carbocycles. The highest BCUT2D eigenvalue weighted by molar-refractivity contribution is 7.99. The van der Waals surface area contributed by atoms with Crippen LogP contribution in [0.5, 0.6) is 0 Å². The summed E-state index contributed by atoms with van der Waals surface area (Å²) in [6.07, 6.45) is 7.58. The van der Waals surface area contributed by atoms with Gasteiger partial charge in [0.25, 0.3) is 0 Å². The second-order valence-electron chi connectivity index (χ2n) is 4.49. The van der Waals surface area contributed by atoms with E-state index in [2.05, 4.69) is 9.97 Å². The average molecular weight is 283 g/mol. The van der Waals surface area contributed by atoms with Crippen molar-refractivity contribution in [2.75, 3.05) is 12.4 Å². The molecule has 5 nitrogen and oxygen atoms in total. The Kier molecular flexibility index (Phi) is 6.80. The van der Waals surface area contributed by atoms with E-state index in [1.165, 1.54) is 0 Å². The topological polar surface area (TPSA) is 78.1 Å². The Hall–Kier alpha value is -1.14. The number of thioether (sulfide) groups is 1. The molecule has 0 aromatic carbocycles. The van der Waals surface area contributed by atoms with E-state index in [-0.39, 0.29) is 5.97 Å². The Balaban J connectivity index is 2.18. The molecule has 19 heavy (non-hydrogen) atoms. The molecule has 0 amide bonds. The number of nitrogens with two attached hydrogens (primary N) is 1. The Labute approximate surface area is 118 Å². The maximum Gasteiger partial charge on any atom is 0.325 e. The van der Waals surface area contributed by atoms with Crippen LogP contribution in [0.3, 0.4) is 0 Å². The van der Waals surface area contributed by atoms with Crippen LogP contribution in [-0.2, 0) is 9.53 Å². The van der Waals surface area contributed by atoms with E-state index < -0.39 is 5.54 Å². The van der Waals surface area contributed by atoms with Gasteiger partial charge in [-0.1, -0.05) is 6.42 Å². The van der Waals surface area contributed by atoms with E-state index in [0.29, 0.717) is 13.0 Å². The smallest absolute Gasteiger partial charge is 0.325 e. The zero-order valence-corrected chi connectivity index (χ0v) is 12.3. The van der Waals surface area contributed by atoms with Crippen LogP contribution >= 0.6 is 11.8 Å². The largest absolute Gasteiger partial charge is 0.465 e.